The summed E-state index contributed by atoms with van der Waals surface area (Å²) in [5.41, 5.74) is 2.23. The lowest BCUT2D eigenvalue weighted by atomic mass is 10.1. The number of aromatic nitrogens is 2. The number of hydrogen-bond acceptors (Lipinski definition) is 2. The Labute approximate surface area is 101 Å². The molecule has 0 atom stereocenters. The van der Waals surface area contributed by atoms with Crippen LogP contribution in [0.25, 0.3) is 11.3 Å². The van der Waals surface area contributed by atoms with Gasteiger partial charge in [0.2, 0.25) is 0 Å². The van der Waals surface area contributed by atoms with E-state index in [1.165, 1.54) is 0 Å². The second-order valence-electron chi connectivity index (χ2n) is 3.58. The number of imidazole rings is 1. The van der Waals surface area contributed by atoms with Gasteiger partial charge >= 0.3 is 0 Å². The summed E-state index contributed by atoms with van der Waals surface area (Å²) in [6.07, 6.45) is 8.83. The summed E-state index contributed by atoms with van der Waals surface area (Å²) in [6.45, 7) is 3.30. The molecule has 0 amide bonds. The van der Waals surface area contributed by atoms with Crippen molar-refractivity contribution in [3.63, 3.8) is 0 Å². The first-order chi connectivity index (χ1) is 8.35. The highest BCUT2D eigenvalue weighted by Gasteiger charge is 2.03. The number of hydrogen-bond donors (Lipinski definition) is 0. The highest BCUT2D eigenvalue weighted by Crippen LogP contribution is 2.22. The summed E-state index contributed by atoms with van der Waals surface area (Å²) in [6, 6.07) is 7.85. The normalized spacial score (nSPS) is 9.88. The van der Waals surface area contributed by atoms with Crippen molar-refractivity contribution in [2.24, 2.45) is 0 Å². The Balaban J connectivity index is 2.21. The Morgan fingerprint density at radius 3 is 2.76 bits per heavy atom. The average molecular weight is 226 g/mol. The predicted molar refractivity (Wildman–Crippen MR) is 67.7 cm³/mol. The Bertz CT molecular complexity index is 520. The zero-order chi connectivity index (χ0) is 12.1. The SMILES string of the molecule is C#CCOc1ccc(-c2cncn2CC)cc1. The molecule has 1 aromatic heterocycles. The quantitative estimate of drug-likeness (QED) is 0.749. The summed E-state index contributed by atoms with van der Waals surface area (Å²) in [5, 5.41) is 0. The van der Waals surface area contributed by atoms with Crippen LogP contribution in [0.2, 0.25) is 0 Å². The zero-order valence-corrected chi connectivity index (χ0v) is 9.76. The van der Waals surface area contributed by atoms with Crippen molar-refractivity contribution in [3.05, 3.63) is 36.8 Å². The molecule has 86 valence electrons. The van der Waals surface area contributed by atoms with E-state index in [2.05, 4.69) is 22.4 Å². The van der Waals surface area contributed by atoms with Gasteiger partial charge in [-0.3, -0.25) is 0 Å². The smallest absolute Gasteiger partial charge is 0.148 e. The second kappa shape index (κ2) is 5.22. The van der Waals surface area contributed by atoms with Gasteiger partial charge in [-0.15, -0.1) is 6.42 Å². The van der Waals surface area contributed by atoms with E-state index in [1.807, 2.05) is 36.8 Å². The summed E-state index contributed by atoms with van der Waals surface area (Å²) < 4.78 is 7.42. The van der Waals surface area contributed by atoms with Gasteiger partial charge in [-0.1, -0.05) is 5.92 Å². The Morgan fingerprint density at radius 1 is 1.35 bits per heavy atom. The van der Waals surface area contributed by atoms with E-state index in [4.69, 9.17) is 11.2 Å². The van der Waals surface area contributed by atoms with Crippen molar-refractivity contribution in [2.45, 2.75) is 13.5 Å². The van der Waals surface area contributed by atoms with Crippen LogP contribution < -0.4 is 4.74 Å². The number of terminal acetylenes is 1. The number of nitrogens with zero attached hydrogens (tertiary/aromatic N) is 2. The fourth-order valence-corrected chi connectivity index (χ4v) is 1.66. The monoisotopic (exact) mass is 226 g/mol. The van der Waals surface area contributed by atoms with Crippen molar-refractivity contribution >= 4 is 0 Å². The maximum atomic E-state index is 5.33. The number of rotatable bonds is 4. The number of benzene rings is 1. The summed E-state index contributed by atoms with van der Waals surface area (Å²) in [7, 11) is 0. The van der Waals surface area contributed by atoms with Gasteiger partial charge < -0.3 is 9.30 Å². The fourth-order valence-electron chi connectivity index (χ4n) is 1.66. The minimum atomic E-state index is 0.298. The largest absolute Gasteiger partial charge is 0.481 e. The molecule has 2 aromatic rings. The van der Waals surface area contributed by atoms with Gasteiger partial charge in [0.15, 0.2) is 0 Å². The van der Waals surface area contributed by atoms with Crippen LogP contribution in [0.5, 0.6) is 5.75 Å². The Hall–Kier alpha value is -2.21. The van der Waals surface area contributed by atoms with Crippen LogP contribution in [0.15, 0.2) is 36.8 Å². The third-order valence-electron chi connectivity index (χ3n) is 2.53. The molecule has 0 spiro atoms. The molecule has 0 bridgehead atoms. The highest BCUT2D eigenvalue weighted by molar-refractivity contribution is 5.59. The van der Waals surface area contributed by atoms with Crippen LogP contribution in [0.4, 0.5) is 0 Å². The average Bonchev–Trinajstić information content (AvgIpc) is 2.85. The van der Waals surface area contributed by atoms with Crippen LogP contribution in [0.3, 0.4) is 0 Å². The van der Waals surface area contributed by atoms with E-state index in [9.17, 15) is 0 Å². The van der Waals surface area contributed by atoms with Gasteiger partial charge in [0, 0.05) is 12.1 Å². The third kappa shape index (κ3) is 2.48. The van der Waals surface area contributed by atoms with Gasteiger partial charge in [0.25, 0.3) is 0 Å². The molecule has 0 saturated carbocycles. The lowest BCUT2D eigenvalue weighted by Gasteiger charge is -2.06. The molecule has 0 radical (unpaired) electrons. The molecule has 2 rings (SSSR count). The first-order valence-corrected chi connectivity index (χ1v) is 5.52. The van der Waals surface area contributed by atoms with Gasteiger partial charge in [-0.25, -0.2) is 4.98 Å². The molecule has 0 aliphatic rings. The zero-order valence-electron chi connectivity index (χ0n) is 9.76. The lowest BCUT2D eigenvalue weighted by Crippen LogP contribution is -1.95. The highest BCUT2D eigenvalue weighted by atomic mass is 16.5. The molecule has 3 nitrogen and oxygen atoms in total. The van der Waals surface area contributed by atoms with Gasteiger partial charge in [-0.05, 0) is 31.2 Å². The summed E-state index contributed by atoms with van der Waals surface area (Å²) in [5.74, 6) is 3.23. The molecule has 3 heteroatoms. The topological polar surface area (TPSA) is 27.1 Å². The molecule has 0 N–H and O–H groups in total. The first kappa shape index (κ1) is 11.3. The molecule has 0 fully saturated rings. The van der Waals surface area contributed by atoms with E-state index < -0.39 is 0 Å². The fraction of sp³-hybridized carbons (Fsp3) is 0.214. The predicted octanol–water partition coefficient (Wildman–Crippen LogP) is 2.58. The molecular weight excluding hydrogens is 212 g/mol. The lowest BCUT2D eigenvalue weighted by molar-refractivity contribution is 0.370. The van der Waals surface area contributed by atoms with Gasteiger partial charge in [0.05, 0.1) is 18.2 Å². The summed E-state index contributed by atoms with van der Waals surface area (Å²) in [4.78, 5) is 4.15. The molecule has 0 saturated heterocycles. The summed E-state index contributed by atoms with van der Waals surface area (Å²) >= 11 is 0. The van der Waals surface area contributed by atoms with Crippen molar-refractivity contribution in [1.82, 2.24) is 9.55 Å². The molecule has 1 aromatic carbocycles. The minimum Gasteiger partial charge on any atom is -0.481 e. The first-order valence-electron chi connectivity index (χ1n) is 5.52. The van der Waals surface area contributed by atoms with Gasteiger partial charge in [0.1, 0.15) is 12.4 Å². The number of aryl methyl sites for hydroxylation is 1. The van der Waals surface area contributed by atoms with Crippen molar-refractivity contribution < 1.29 is 4.74 Å². The van der Waals surface area contributed by atoms with Crippen LogP contribution >= 0.6 is 0 Å². The van der Waals surface area contributed by atoms with Gasteiger partial charge in [-0.2, -0.15) is 0 Å². The molecule has 1 heterocycles. The standard InChI is InChI=1S/C14H14N2O/c1-3-9-17-13-7-5-12(6-8-13)14-10-15-11-16(14)4-2/h1,5-8,10-11H,4,9H2,2H3. The van der Waals surface area contributed by atoms with Crippen LogP contribution in [-0.4, -0.2) is 16.2 Å². The van der Waals surface area contributed by atoms with E-state index in [-0.39, 0.29) is 0 Å². The van der Waals surface area contributed by atoms with E-state index in [0.29, 0.717) is 6.61 Å². The van der Waals surface area contributed by atoms with Crippen molar-refractivity contribution in [2.75, 3.05) is 6.61 Å². The van der Waals surface area contributed by atoms with Crippen molar-refractivity contribution in [1.29, 1.82) is 0 Å². The maximum absolute atomic E-state index is 5.33. The molecule has 0 aliphatic carbocycles. The Kier molecular flexibility index (Phi) is 3.46. The van der Waals surface area contributed by atoms with Crippen LogP contribution in [0.1, 0.15) is 6.92 Å². The Morgan fingerprint density at radius 2 is 2.12 bits per heavy atom. The molecular formula is C14H14N2O. The van der Waals surface area contributed by atoms with E-state index in [1.54, 1.807) is 0 Å². The minimum absolute atomic E-state index is 0.298. The van der Waals surface area contributed by atoms with E-state index in [0.717, 1.165) is 23.6 Å². The molecule has 0 unspecified atom stereocenters. The number of ether oxygens (including phenoxy) is 1. The third-order valence-corrected chi connectivity index (χ3v) is 2.53. The van der Waals surface area contributed by atoms with Crippen molar-refractivity contribution in [3.8, 4) is 29.4 Å². The maximum Gasteiger partial charge on any atom is 0.148 e. The molecule has 17 heavy (non-hydrogen) atoms. The van der Waals surface area contributed by atoms with E-state index >= 15 is 0 Å². The van der Waals surface area contributed by atoms with Crippen LogP contribution in [0, 0.1) is 12.3 Å². The molecule has 0 aliphatic heterocycles. The van der Waals surface area contributed by atoms with Crippen LogP contribution in [-0.2, 0) is 6.54 Å². The second-order valence-corrected chi connectivity index (χ2v) is 3.58.